The van der Waals surface area contributed by atoms with Crippen LogP contribution in [-0.4, -0.2) is 38.1 Å². The molecule has 0 saturated carbocycles. The lowest BCUT2D eigenvalue weighted by Gasteiger charge is -2.20. The molecule has 0 aromatic carbocycles. The Morgan fingerprint density at radius 2 is 1.87 bits per heavy atom. The average Bonchev–Trinajstić information content (AvgIpc) is 2.23. The highest BCUT2D eigenvalue weighted by Gasteiger charge is 2.04. The highest BCUT2D eigenvalue weighted by atomic mass is 15.1. The molecular weight excluding hydrogens is 184 g/mol. The van der Waals surface area contributed by atoms with Gasteiger partial charge in [0.2, 0.25) is 0 Å². The van der Waals surface area contributed by atoms with Gasteiger partial charge in [0, 0.05) is 12.6 Å². The van der Waals surface area contributed by atoms with Gasteiger partial charge in [0.05, 0.1) is 0 Å². The lowest BCUT2D eigenvalue weighted by Crippen LogP contribution is -2.26. The van der Waals surface area contributed by atoms with Crippen LogP contribution in [0.1, 0.15) is 46.5 Å². The van der Waals surface area contributed by atoms with Crippen molar-refractivity contribution in [3.8, 4) is 0 Å². The van der Waals surface area contributed by atoms with Crippen LogP contribution in [0, 0.1) is 5.92 Å². The monoisotopic (exact) mass is 214 g/mol. The molecule has 92 valence electrons. The summed E-state index contributed by atoms with van der Waals surface area (Å²) in [4.78, 5) is 2.47. The first-order chi connectivity index (χ1) is 7.10. The third-order valence-corrected chi connectivity index (χ3v) is 3.24. The Morgan fingerprint density at radius 3 is 2.40 bits per heavy atom. The summed E-state index contributed by atoms with van der Waals surface area (Å²) in [5.74, 6) is 0.839. The Bertz CT molecular complexity index is 136. The second-order valence-electron chi connectivity index (χ2n) is 4.96. The summed E-state index contributed by atoms with van der Waals surface area (Å²) in [6.07, 6.45) is 5.26. The number of rotatable bonds is 9. The van der Waals surface area contributed by atoms with E-state index in [1.54, 1.807) is 0 Å². The molecule has 0 aromatic rings. The quantitative estimate of drug-likeness (QED) is 0.594. The zero-order chi connectivity index (χ0) is 11.7. The van der Waals surface area contributed by atoms with Crippen molar-refractivity contribution >= 4 is 0 Å². The molecule has 0 amide bonds. The lowest BCUT2D eigenvalue weighted by atomic mass is 10.1. The highest BCUT2D eigenvalue weighted by molar-refractivity contribution is 4.60. The summed E-state index contributed by atoms with van der Waals surface area (Å²) in [7, 11) is 4.29. The maximum absolute atomic E-state index is 3.28. The molecule has 0 aliphatic heterocycles. The van der Waals surface area contributed by atoms with Gasteiger partial charge in [-0.3, -0.25) is 0 Å². The van der Waals surface area contributed by atoms with E-state index in [0.29, 0.717) is 6.04 Å². The van der Waals surface area contributed by atoms with Gasteiger partial charge in [0.25, 0.3) is 0 Å². The molecular formula is C13H30N2. The SMILES string of the molecule is CCC(C)CN(C)CCCCC(C)NC. The van der Waals surface area contributed by atoms with E-state index in [0.717, 1.165) is 5.92 Å². The Balaban J connectivity index is 3.34. The first-order valence-electron chi connectivity index (χ1n) is 6.45. The Hall–Kier alpha value is -0.0800. The number of hydrogen-bond acceptors (Lipinski definition) is 2. The van der Waals surface area contributed by atoms with Gasteiger partial charge in [-0.05, 0) is 46.3 Å². The molecule has 0 aromatic heterocycles. The van der Waals surface area contributed by atoms with Crippen molar-refractivity contribution in [1.29, 1.82) is 0 Å². The lowest BCUT2D eigenvalue weighted by molar-refractivity contribution is 0.275. The minimum atomic E-state index is 0.671. The van der Waals surface area contributed by atoms with Crippen LogP contribution in [0.5, 0.6) is 0 Å². The summed E-state index contributed by atoms with van der Waals surface area (Å²) in [6.45, 7) is 9.36. The maximum atomic E-state index is 3.28. The predicted molar refractivity (Wildman–Crippen MR) is 69.3 cm³/mol. The minimum Gasteiger partial charge on any atom is -0.317 e. The molecule has 0 heterocycles. The van der Waals surface area contributed by atoms with Crippen LogP contribution in [0.3, 0.4) is 0 Å². The zero-order valence-electron chi connectivity index (χ0n) is 11.3. The summed E-state index contributed by atoms with van der Waals surface area (Å²) >= 11 is 0. The van der Waals surface area contributed by atoms with Crippen molar-refractivity contribution in [2.75, 3.05) is 27.2 Å². The van der Waals surface area contributed by atoms with Crippen LogP contribution in [0.15, 0.2) is 0 Å². The van der Waals surface area contributed by atoms with Gasteiger partial charge in [-0.1, -0.05) is 26.7 Å². The van der Waals surface area contributed by atoms with Crippen LogP contribution in [0.4, 0.5) is 0 Å². The molecule has 2 heteroatoms. The fourth-order valence-electron chi connectivity index (χ4n) is 1.73. The minimum absolute atomic E-state index is 0.671. The third kappa shape index (κ3) is 8.88. The van der Waals surface area contributed by atoms with E-state index in [2.05, 4.69) is 38.0 Å². The van der Waals surface area contributed by atoms with E-state index in [1.165, 1.54) is 38.8 Å². The molecule has 0 aliphatic rings. The van der Waals surface area contributed by atoms with Crippen molar-refractivity contribution in [2.45, 2.75) is 52.5 Å². The molecule has 2 unspecified atom stereocenters. The van der Waals surface area contributed by atoms with E-state index >= 15 is 0 Å². The van der Waals surface area contributed by atoms with Crippen molar-refractivity contribution in [3.05, 3.63) is 0 Å². The Labute approximate surface area is 96.4 Å². The molecule has 0 saturated heterocycles. The molecule has 2 atom stereocenters. The topological polar surface area (TPSA) is 15.3 Å². The molecule has 15 heavy (non-hydrogen) atoms. The van der Waals surface area contributed by atoms with Gasteiger partial charge in [0.1, 0.15) is 0 Å². The van der Waals surface area contributed by atoms with Crippen LogP contribution in [-0.2, 0) is 0 Å². The summed E-state index contributed by atoms with van der Waals surface area (Å²) in [5, 5.41) is 3.28. The fraction of sp³-hybridized carbons (Fsp3) is 1.00. The van der Waals surface area contributed by atoms with Gasteiger partial charge < -0.3 is 10.2 Å². The van der Waals surface area contributed by atoms with Crippen molar-refractivity contribution in [3.63, 3.8) is 0 Å². The smallest absolute Gasteiger partial charge is 0.00357 e. The van der Waals surface area contributed by atoms with Gasteiger partial charge in [-0.2, -0.15) is 0 Å². The normalized spacial score (nSPS) is 15.6. The van der Waals surface area contributed by atoms with Crippen molar-refractivity contribution in [2.24, 2.45) is 5.92 Å². The van der Waals surface area contributed by atoms with E-state index in [4.69, 9.17) is 0 Å². The van der Waals surface area contributed by atoms with Gasteiger partial charge in [-0.15, -0.1) is 0 Å². The number of nitrogens with one attached hydrogen (secondary N) is 1. The fourth-order valence-corrected chi connectivity index (χ4v) is 1.73. The van der Waals surface area contributed by atoms with Gasteiger partial charge in [0.15, 0.2) is 0 Å². The Kier molecular flexibility index (Phi) is 9.12. The average molecular weight is 214 g/mol. The second-order valence-corrected chi connectivity index (χ2v) is 4.96. The summed E-state index contributed by atoms with van der Waals surface area (Å²) < 4.78 is 0. The molecule has 2 nitrogen and oxygen atoms in total. The zero-order valence-corrected chi connectivity index (χ0v) is 11.3. The van der Waals surface area contributed by atoms with Crippen molar-refractivity contribution in [1.82, 2.24) is 10.2 Å². The molecule has 0 radical (unpaired) electrons. The third-order valence-electron chi connectivity index (χ3n) is 3.24. The van der Waals surface area contributed by atoms with Gasteiger partial charge in [-0.25, -0.2) is 0 Å². The number of unbranched alkanes of at least 4 members (excludes halogenated alkanes) is 1. The highest BCUT2D eigenvalue weighted by Crippen LogP contribution is 2.05. The standard InChI is InChI=1S/C13H30N2/c1-6-12(2)11-15(5)10-8-7-9-13(3)14-4/h12-14H,6-11H2,1-5H3. The molecule has 0 bridgehead atoms. The molecule has 1 N–H and O–H groups in total. The van der Waals surface area contributed by atoms with E-state index in [-0.39, 0.29) is 0 Å². The largest absolute Gasteiger partial charge is 0.317 e. The van der Waals surface area contributed by atoms with Gasteiger partial charge >= 0.3 is 0 Å². The Morgan fingerprint density at radius 1 is 1.20 bits per heavy atom. The molecule has 0 rings (SSSR count). The first kappa shape index (κ1) is 14.9. The second kappa shape index (κ2) is 9.17. The van der Waals surface area contributed by atoms with Crippen LogP contribution >= 0.6 is 0 Å². The van der Waals surface area contributed by atoms with Crippen LogP contribution < -0.4 is 5.32 Å². The van der Waals surface area contributed by atoms with E-state index < -0.39 is 0 Å². The number of hydrogen-bond donors (Lipinski definition) is 1. The predicted octanol–water partition coefficient (Wildman–Crippen LogP) is 2.74. The van der Waals surface area contributed by atoms with E-state index in [9.17, 15) is 0 Å². The maximum Gasteiger partial charge on any atom is 0.00357 e. The summed E-state index contributed by atoms with van der Waals surface area (Å²) in [5.41, 5.74) is 0. The molecule has 0 fully saturated rings. The summed E-state index contributed by atoms with van der Waals surface area (Å²) in [6, 6.07) is 0.671. The first-order valence-corrected chi connectivity index (χ1v) is 6.45. The molecule has 0 aliphatic carbocycles. The number of nitrogens with zero attached hydrogens (tertiary/aromatic N) is 1. The van der Waals surface area contributed by atoms with Crippen LogP contribution in [0.25, 0.3) is 0 Å². The van der Waals surface area contributed by atoms with Crippen LogP contribution in [0.2, 0.25) is 0 Å². The van der Waals surface area contributed by atoms with E-state index in [1.807, 2.05) is 7.05 Å². The molecule has 0 spiro atoms. The van der Waals surface area contributed by atoms with Crippen molar-refractivity contribution < 1.29 is 0 Å².